The molecule has 2 nitrogen and oxygen atoms in total. The minimum atomic E-state index is 0.389. The first-order chi connectivity index (χ1) is 8.27. The number of hydrogen-bond donors (Lipinski definition) is 0. The Morgan fingerprint density at radius 2 is 2.00 bits per heavy atom. The maximum atomic E-state index is 6.21. The van der Waals surface area contributed by atoms with Crippen LogP contribution in [-0.4, -0.2) is 25.4 Å². The highest BCUT2D eigenvalue weighted by Gasteiger charge is 2.46. The summed E-state index contributed by atoms with van der Waals surface area (Å²) < 4.78 is 12.2. The summed E-state index contributed by atoms with van der Waals surface area (Å²) >= 11 is 0. The maximum absolute atomic E-state index is 6.21. The van der Waals surface area contributed by atoms with Crippen LogP contribution in [0.3, 0.4) is 0 Å². The molecule has 0 aromatic heterocycles. The topological polar surface area (TPSA) is 18.5 Å². The highest BCUT2D eigenvalue weighted by Crippen LogP contribution is 2.47. The van der Waals surface area contributed by atoms with Crippen LogP contribution in [0.4, 0.5) is 0 Å². The molecule has 0 N–H and O–H groups in total. The Balaban J connectivity index is 1.78. The second kappa shape index (κ2) is 4.74. The van der Waals surface area contributed by atoms with Gasteiger partial charge in [-0.05, 0) is 49.2 Å². The molecule has 3 aliphatic rings. The zero-order valence-corrected chi connectivity index (χ0v) is 11.1. The molecule has 0 unspecified atom stereocenters. The van der Waals surface area contributed by atoms with E-state index in [2.05, 4.69) is 13.8 Å². The Morgan fingerprint density at radius 3 is 2.76 bits per heavy atom. The summed E-state index contributed by atoms with van der Waals surface area (Å²) in [7, 11) is 0. The standard InChI is InChI=1S/C15H24O2/c1-10(2)9-17-15-12-6-4-3-5-11(12)14-13(15)7-8-16-14/h10,13-15H,3-9H2,1-2H3/t13-,14-,15+/m1/s1. The van der Waals surface area contributed by atoms with Gasteiger partial charge in [-0.25, -0.2) is 0 Å². The predicted octanol–water partition coefficient (Wildman–Crippen LogP) is 3.32. The van der Waals surface area contributed by atoms with Gasteiger partial charge in [0.1, 0.15) is 0 Å². The summed E-state index contributed by atoms with van der Waals surface area (Å²) in [5.74, 6) is 1.26. The van der Waals surface area contributed by atoms with Gasteiger partial charge in [-0.1, -0.05) is 13.8 Å². The van der Waals surface area contributed by atoms with Gasteiger partial charge < -0.3 is 9.47 Å². The van der Waals surface area contributed by atoms with Crippen LogP contribution >= 0.6 is 0 Å². The summed E-state index contributed by atoms with van der Waals surface area (Å²) in [6.45, 7) is 6.29. The third kappa shape index (κ3) is 2.06. The zero-order chi connectivity index (χ0) is 11.8. The summed E-state index contributed by atoms with van der Waals surface area (Å²) in [5, 5.41) is 0. The molecule has 0 radical (unpaired) electrons. The zero-order valence-electron chi connectivity index (χ0n) is 11.1. The lowest BCUT2D eigenvalue weighted by Gasteiger charge is -2.23. The van der Waals surface area contributed by atoms with Crippen LogP contribution in [0.15, 0.2) is 11.1 Å². The van der Waals surface area contributed by atoms with Crippen LogP contribution in [0.1, 0.15) is 46.0 Å². The third-order valence-corrected chi connectivity index (χ3v) is 4.38. The number of rotatable bonds is 3. The fourth-order valence-electron chi connectivity index (χ4n) is 3.66. The first-order valence-electron chi connectivity index (χ1n) is 7.22. The SMILES string of the molecule is CC(C)CO[C@H]1C2=C(CCCC2)[C@H]2OCC[C@H]21. The second-order valence-corrected chi connectivity index (χ2v) is 6.15. The average molecular weight is 236 g/mol. The smallest absolute Gasteiger partial charge is 0.0845 e. The quantitative estimate of drug-likeness (QED) is 0.700. The summed E-state index contributed by atoms with van der Waals surface area (Å²) in [4.78, 5) is 0. The van der Waals surface area contributed by atoms with E-state index in [0.717, 1.165) is 13.2 Å². The monoisotopic (exact) mass is 236 g/mol. The normalized spacial score (nSPS) is 36.5. The second-order valence-electron chi connectivity index (χ2n) is 6.15. The molecule has 1 aliphatic heterocycles. The molecule has 1 fully saturated rings. The van der Waals surface area contributed by atoms with Crippen molar-refractivity contribution in [2.75, 3.05) is 13.2 Å². The van der Waals surface area contributed by atoms with Gasteiger partial charge in [0.15, 0.2) is 0 Å². The van der Waals surface area contributed by atoms with Gasteiger partial charge in [-0.2, -0.15) is 0 Å². The molecule has 1 saturated heterocycles. The summed E-state index contributed by atoms with van der Waals surface area (Å²) in [5.41, 5.74) is 3.24. The van der Waals surface area contributed by atoms with Gasteiger partial charge in [0, 0.05) is 19.1 Å². The minimum absolute atomic E-state index is 0.389. The van der Waals surface area contributed by atoms with Crippen molar-refractivity contribution in [2.24, 2.45) is 11.8 Å². The minimum Gasteiger partial charge on any atom is -0.373 e. The predicted molar refractivity (Wildman–Crippen MR) is 67.9 cm³/mol. The van der Waals surface area contributed by atoms with Crippen molar-refractivity contribution < 1.29 is 9.47 Å². The molecular formula is C15H24O2. The van der Waals surface area contributed by atoms with Crippen LogP contribution in [0.25, 0.3) is 0 Å². The molecule has 2 aliphatic carbocycles. The molecule has 0 amide bonds. The molecule has 0 aromatic carbocycles. The fraction of sp³-hybridized carbons (Fsp3) is 0.867. The third-order valence-electron chi connectivity index (χ3n) is 4.38. The van der Waals surface area contributed by atoms with E-state index in [1.165, 1.54) is 32.1 Å². The van der Waals surface area contributed by atoms with Gasteiger partial charge in [0.2, 0.25) is 0 Å². The van der Waals surface area contributed by atoms with Crippen LogP contribution in [0.5, 0.6) is 0 Å². The molecule has 2 heteroatoms. The van der Waals surface area contributed by atoms with Crippen LogP contribution in [0, 0.1) is 11.8 Å². The highest BCUT2D eigenvalue weighted by atomic mass is 16.5. The van der Waals surface area contributed by atoms with Crippen molar-refractivity contribution >= 4 is 0 Å². The average Bonchev–Trinajstić information content (AvgIpc) is 2.87. The Kier molecular flexibility index (Phi) is 3.27. The molecular weight excluding hydrogens is 212 g/mol. The van der Waals surface area contributed by atoms with E-state index >= 15 is 0 Å². The van der Waals surface area contributed by atoms with Gasteiger partial charge in [0.25, 0.3) is 0 Å². The van der Waals surface area contributed by atoms with Crippen molar-refractivity contribution in [3.05, 3.63) is 11.1 Å². The molecule has 0 bridgehead atoms. The Hall–Kier alpha value is -0.340. The van der Waals surface area contributed by atoms with E-state index in [4.69, 9.17) is 9.47 Å². The highest BCUT2D eigenvalue weighted by molar-refractivity contribution is 5.34. The molecule has 96 valence electrons. The molecule has 17 heavy (non-hydrogen) atoms. The fourth-order valence-corrected chi connectivity index (χ4v) is 3.66. The van der Waals surface area contributed by atoms with E-state index < -0.39 is 0 Å². The number of ether oxygens (including phenoxy) is 2. The molecule has 3 atom stereocenters. The lowest BCUT2D eigenvalue weighted by Crippen LogP contribution is -2.26. The number of fused-ring (bicyclic) bond motifs is 2. The molecule has 3 rings (SSSR count). The van der Waals surface area contributed by atoms with Gasteiger partial charge in [0.05, 0.1) is 12.2 Å². The van der Waals surface area contributed by atoms with E-state index in [1.807, 2.05) is 0 Å². The Labute approximate surface area is 104 Å². The number of hydrogen-bond acceptors (Lipinski definition) is 2. The van der Waals surface area contributed by atoms with E-state index in [-0.39, 0.29) is 0 Å². The van der Waals surface area contributed by atoms with Crippen molar-refractivity contribution in [1.29, 1.82) is 0 Å². The van der Waals surface area contributed by atoms with Crippen molar-refractivity contribution in [1.82, 2.24) is 0 Å². The van der Waals surface area contributed by atoms with Gasteiger partial charge in [-0.3, -0.25) is 0 Å². The van der Waals surface area contributed by atoms with E-state index in [9.17, 15) is 0 Å². The largest absolute Gasteiger partial charge is 0.373 e. The summed E-state index contributed by atoms with van der Waals surface area (Å²) in [6, 6.07) is 0. The maximum Gasteiger partial charge on any atom is 0.0845 e. The molecule has 1 heterocycles. The van der Waals surface area contributed by atoms with E-state index in [0.29, 0.717) is 24.0 Å². The lowest BCUT2D eigenvalue weighted by molar-refractivity contribution is 0.0149. The first kappa shape index (κ1) is 11.7. The van der Waals surface area contributed by atoms with E-state index in [1.54, 1.807) is 11.1 Å². The van der Waals surface area contributed by atoms with Crippen molar-refractivity contribution in [3.63, 3.8) is 0 Å². The summed E-state index contributed by atoms with van der Waals surface area (Å²) in [6.07, 6.45) is 7.22. The van der Waals surface area contributed by atoms with Gasteiger partial charge in [-0.15, -0.1) is 0 Å². The van der Waals surface area contributed by atoms with Crippen molar-refractivity contribution in [2.45, 2.75) is 58.2 Å². The van der Waals surface area contributed by atoms with Gasteiger partial charge >= 0.3 is 0 Å². The molecule has 0 aromatic rings. The van der Waals surface area contributed by atoms with Crippen LogP contribution in [-0.2, 0) is 9.47 Å². The first-order valence-corrected chi connectivity index (χ1v) is 7.22. The Morgan fingerprint density at radius 1 is 1.24 bits per heavy atom. The van der Waals surface area contributed by atoms with Crippen LogP contribution in [0.2, 0.25) is 0 Å². The van der Waals surface area contributed by atoms with Crippen LogP contribution < -0.4 is 0 Å². The Bertz CT molecular complexity index is 319. The molecule has 0 spiro atoms. The van der Waals surface area contributed by atoms with Crippen molar-refractivity contribution in [3.8, 4) is 0 Å². The molecule has 0 saturated carbocycles. The lowest BCUT2D eigenvalue weighted by atomic mass is 9.92.